The highest BCUT2D eigenvalue weighted by atomic mass is 16.7. The van der Waals surface area contributed by atoms with Gasteiger partial charge in [0.05, 0.1) is 14.2 Å². The van der Waals surface area contributed by atoms with Gasteiger partial charge in [0.1, 0.15) is 11.3 Å². The fourth-order valence-electron chi connectivity index (χ4n) is 1.74. The van der Waals surface area contributed by atoms with E-state index in [9.17, 15) is 19.8 Å². The van der Waals surface area contributed by atoms with E-state index in [1.165, 1.54) is 6.92 Å². The Morgan fingerprint density at radius 2 is 1.76 bits per heavy atom. The molecule has 0 aromatic rings. The van der Waals surface area contributed by atoms with Crippen LogP contribution >= 0.6 is 0 Å². The molecule has 0 aromatic carbocycles. The number of carbonyl (C=O) groups is 2. The first-order valence-electron chi connectivity index (χ1n) is 4.74. The summed E-state index contributed by atoms with van der Waals surface area (Å²) in [6.45, 7) is 2.37. The van der Waals surface area contributed by atoms with Gasteiger partial charge in [-0.05, 0) is 6.92 Å². The van der Waals surface area contributed by atoms with Crippen LogP contribution in [0.4, 0.5) is 0 Å². The predicted molar refractivity (Wildman–Crippen MR) is 53.4 cm³/mol. The maximum atomic E-state index is 11.6. The predicted octanol–water partition coefficient (Wildman–Crippen LogP) is -0.924. The van der Waals surface area contributed by atoms with Crippen molar-refractivity contribution in [3.8, 4) is 0 Å². The van der Waals surface area contributed by atoms with Gasteiger partial charge in [0, 0.05) is 6.92 Å². The summed E-state index contributed by atoms with van der Waals surface area (Å²) in [5.74, 6) is -4.59. The first kappa shape index (κ1) is 13.5. The molecule has 0 aliphatic carbocycles. The van der Waals surface area contributed by atoms with E-state index in [2.05, 4.69) is 9.47 Å². The monoisotopic (exact) mass is 246 g/mol. The topological polar surface area (TPSA) is 102 Å². The molecule has 2 atom stereocenters. The molecule has 1 rings (SSSR count). The Morgan fingerprint density at radius 1 is 1.24 bits per heavy atom. The maximum absolute atomic E-state index is 11.6. The molecule has 0 saturated carbocycles. The summed E-state index contributed by atoms with van der Waals surface area (Å²) in [6.07, 6.45) is 0. The van der Waals surface area contributed by atoms with Crippen LogP contribution in [0.25, 0.3) is 0 Å². The van der Waals surface area contributed by atoms with E-state index < -0.39 is 28.9 Å². The van der Waals surface area contributed by atoms with Crippen LogP contribution in [0.3, 0.4) is 0 Å². The molecule has 96 valence electrons. The van der Waals surface area contributed by atoms with E-state index >= 15 is 0 Å². The zero-order valence-electron chi connectivity index (χ0n) is 9.94. The number of rotatable bonds is 2. The highest BCUT2D eigenvalue weighted by Crippen LogP contribution is 2.42. The fraction of sp³-hybridized carbons (Fsp3) is 0.600. The Labute approximate surface area is 97.6 Å². The second-order valence-electron chi connectivity index (χ2n) is 3.71. The maximum Gasteiger partial charge on any atom is 0.350 e. The van der Waals surface area contributed by atoms with Crippen molar-refractivity contribution in [3.63, 3.8) is 0 Å². The molecule has 17 heavy (non-hydrogen) atoms. The van der Waals surface area contributed by atoms with Crippen molar-refractivity contribution < 1.29 is 34.0 Å². The Kier molecular flexibility index (Phi) is 3.17. The number of aliphatic hydroxyl groups is 2. The van der Waals surface area contributed by atoms with Crippen LogP contribution < -0.4 is 0 Å². The standard InChI is InChI=1S/C10H14O7/c1-5-6(7(11)15-3)10(14,8(12)16-4)9(2,13)17-5/h13-14H,1-4H3/t9-,10+/m0/s1. The first-order chi connectivity index (χ1) is 7.72. The molecule has 0 amide bonds. The van der Waals surface area contributed by atoms with E-state index in [0.29, 0.717) is 0 Å². The van der Waals surface area contributed by atoms with E-state index in [4.69, 9.17) is 4.74 Å². The SMILES string of the molecule is COC(=O)C1=C(C)O[C@](C)(O)[C@]1(O)C(=O)OC. The van der Waals surface area contributed by atoms with Crippen LogP contribution in [0.1, 0.15) is 13.8 Å². The molecule has 0 radical (unpaired) electrons. The molecule has 0 bridgehead atoms. The first-order valence-corrected chi connectivity index (χ1v) is 4.74. The van der Waals surface area contributed by atoms with Crippen LogP contribution in [-0.4, -0.2) is 47.8 Å². The van der Waals surface area contributed by atoms with Crippen LogP contribution in [0.15, 0.2) is 11.3 Å². The number of hydrogen-bond acceptors (Lipinski definition) is 7. The number of carbonyl (C=O) groups excluding carboxylic acids is 2. The van der Waals surface area contributed by atoms with Gasteiger partial charge in [-0.15, -0.1) is 0 Å². The van der Waals surface area contributed by atoms with Crippen molar-refractivity contribution in [3.05, 3.63) is 11.3 Å². The summed E-state index contributed by atoms with van der Waals surface area (Å²) < 4.78 is 13.7. The zero-order valence-corrected chi connectivity index (χ0v) is 9.94. The molecule has 7 nitrogen and oxygen atoms in total. The Hall–Kier alpha value is -1.60. The van der Waals surface area contributed by atoms with Crippen LogP contribution in [0.5, 0.6) is 0 Å². The normalized spacial score (nSPS) is 32.1. The zero-order chi connectivity index (χ0) is 13.4. The third-order valence-corrected chi connectivity index (χ3v) is 2.61. The van der Waals surface area contributed by atoms with Crippen molar-refractivity contribution >= 4 is 11.9 Å². The molecular weight excluding hydrogens is 232 g/mol. The smallest absolute Gasteiger partial charge is 0.350 e. The lowest BCUT2D eigenvalue weighted by atomic mass is 9.87. The minimum Gasteiger partial charge on any atom is -0.466 e. The van der Waals surface area contributed by atoms with E-state index in [-0.39, 0.29) is 5.76 Å². The van der Waals surface area contributed by atoms with Gasteiger partial charge in [0.2, 0.25) is 5.79 Å². The minimum absolute atomic E-state index is 0.102. The molecule has 1 heterocycles. The Balaban J connectivity index is 3.39. The molecule has 0 saturated heterocycles. The van der Waals surface area contributed by atoms with E-state index in [1.807, 2.05) is 0 Å². The van der Waals surface area contributed by atoms with Gasteiger partial charge in [0.15, 0.2) is 0 Å². The highest BCUT2D eigenvalue weighted by Gasteiger charge is 2.65. The molecular formula is C10H14O7. The fourth-order valence-corrected chi connectivity index (χ4v) is 1.74. The number of hydrogen-bond donors (Lipinski definition) is 2. The van der Waals surface area contributed by atoms with Crippen molar-refractivity contribution in [2.45, 2.75) is 25.2 Å². The lowest BCUT2D eigenvalue weighted by Gasteiger charge is -2.31. The molecule has 1 aliphatic heterocycles. The number of ether oxygens (including phenoxy) is 3. The lowest BCUT2D eigenvalue weighted by molar-refractivity contribution is -0.242. The Morgan fingerprint density at radius 3 is 2.18 bits per heavy atom. The summed E-state index contributed by atoms with van der Waals surface area (Å²) >= 11 is 0. The van der Waals surface area contributed by atoms with Crippen molar-refractivity contribution in [2.24, 2.45) is 0 Å². The summed E-state index contributed by atoms with van der Waals surface area (Å²) in [7, 11) is 2.09. The number of esters is 2. The Bertz CT molecular complexity index is 395. The number of allylic oxidation sites excluding steroid dienone is 1. The molecule has 0 spiro atoms. The molecule has 7 heteroatoms. The van der Waals surface area contributed by atoms with Crippen molar-refractivity contribution in [1.29, 1.82) is 0 Å². The lowest BCUT2D eigenvalue weighted by Crippen LogP contribution is -2.58. The third kappa shape index (κ3) is 1.67. The summed E-state index contributed by atoms with van der Waals surface area (Å²) in [5.41, 5.74) is -3.09. The van der Waals surface area contributed by atoms with Crippen LogP contribution in [0, 0.1) is 0 Å². The van der Waals surface area contributed by atoms with Gasteiger partial charge in [-0.1, -0.05) is 0 Å². The van der Waals surface area contributed by atoms with Crippen molar-refractivity contribution in [1.82, 2.24) is 0 Å². The van der Waals surface area contributed by atoms with Gasteiger partial charge in [0.25, 0.3) is 5.60 Å². The summed E-state index contributed by atoms with van der Waals surface area (Å²) in [6, 6.07) is 0. The van der Waals surface area contributed by atoms with Crippen LogP contribution in [-0.2, 0) is 23.8 Å². The van der Waals surface area contributed by atoms with E-state index in [0.717, 1.165) is 21.1 Å². The van der Waals surface area contributed by atoms with Gasteiger partial charge in [-0.25, -0.2) is 9.59 Å². The second kappa shape index (κ2) is 4.01. The summed E-state index contributed by atoms with van der Waals surface area (Å²) in [5, 5.41) is 20.1. The molecule has 0 unspecified atom stereocenters. The van der Waals surface area contributed by atoms with Gasteiger partial charge >= 0.3 is 11.9 Å². The van der Waals surface area contributed by atoms with E-state index in [1.54, 1.807) is 0 Å². The quantitative estimate of drug-likeness (QED) is 0.607. The molecule has 0 aromatic heterocycles. The van der Waals surface area contributed by atoms with Crippen molar-refractivity contribution in [2.75, 3.05) is 14.2 Å². The summed E-state index contributed by atoms with van der Waals surface area (Å²) in [4.78, 5) is 23.1. The molecule has 0 fully saturated rings. The average Bonchev–Trinajstić information content (AvgIpc) is 2.44. The molecule has 2 N–H and O–H groups in total. The number of methoxy groups -OCH3 is 2. The average molecular weight is 246 g/mol. The largest absolute Gasteiger partial charge is 0.466 e. The third-order valence-electron chi connectivity index (χ3n) is 2.61. The minimum atomic E-state index is -2.61. The molecule has 1 aliphatic rings. The van der Waals surface area contributed by atoms with Gasteiger partial charge in [-0.3, -0.25) is 0 Å². The van der Waals surface area contributed by atoms with Gasteiger partial charge < -0.3 is 24.4 Å². The second-order valence-corrected chi connectivity index (χ2v) is 3.71. The van der Waals surface area contributed by atoms with Crippen LogP contribution in [0.2, 0.25) is 0 Å². The van der Waals surface area contributed by atoms with Gasteiger partial charge in [-0.2, -0.15) is 0 Å². The highest BCUT2D eigenvalue weighted by molar-refractivity contribution is 6.02.